The summed E-state index contributed by atoms with van der Waals surface area (Å²) in [7, 11) is 0. The van der Waals surface area contributed by atoms with Gasteiger partial charge < -0.3 is 10.2 Å². The Morgan fingerprint density at radius 1 is 1.20 bits per heavy atom. The van der Waals surface area contributed by atoms with Crippen LogP contribution in [0, 0.1) is 11.8 Å². The van der Waals surface area contributed by atoms with E-state index in [2.05, 4.69) is 12.2 Å². The van der Waals surface area contributed by atoms with Gasteiger partial charge in [0, 0.05) is 6.04 Å². The summed E-state index contributed by atoms with van der Waals surface area (Å²) in [6.45, 7) is 4.11. The number of hydrogen-bond donors (Lipinski definition) is 1. The molecule has 20 heavy (non-hydrogen) atoms. The van der Waals surface area contributed by atoms with Gasteiger partial charge in [0.2, 0.25) is 11.8 Å². The van der Waals surface area contributed by atoms with E-state index < -0.39 is 0 Å². The first-order valence-corrected chi connectivity index (χ1v) is 8.24. The van der Waals surface area contributed by atoms with Gasteiger partial charge >= 0.3 is 0 Å². The van der Waals surface area contributed by atoms with E-state index in [4.69, 9.17) is 0 Å². The molecule has 2 saturated carbocycles. The van der Waals surface area contributed by atoms with Crippen LogP contribution in [0.2, 0.25) is 0 Å². The van der Waals surface area contributed by atoms with Crippen molar-refractivity contribution in [2.45, 2.75) is 76.9 Å². The van der Waals surface area contributed by atoms with Crippen LogP contribution < -0.4 is 5.32 Å². The lowest BCUT2D eigenvalue weighted by atomic mass is 9.82. The van der Waals surface area contributed by atoms with Crippen LogP contribution in [-0.2, 0) is 9.59 Å². The summed E-state index contributed by atoms with van der Waals surface area (Å²) in [5.41, 5.74) is 0. The van der Waals surface area contributed by atoms with Crippen molar-refractivity contribution in [2.24, 2.45) is 11.8 Å². The van der Waals surface area contributed by atoms with Crippen molar-refractivity contribution < 1.29 is 9.59 Å². The Hall–Kier alpha value is -1.06. The number of nitrogens with zero attached hydrogens (tertiary/aromatic N) is 1. The zero-order valence-corrected chi connectivity index (χ0v) is 12.6. The minimum absolute atomic E-state index is 0.0418. The molecule has 1 N–H and O–H groups in total. The lowest BCUT2D eigenvalue weighted by Crippen LogP contribution is -2.65. The van der Waals surface area contributed by atoms with Crippen molar-refractivity contribution >= 4 is 11.8 Å². The Morgan fingerprint density at radius 2 is 1.95 bits per heavy atom. The molecular weight excluding hydrogens is 252 g/mol. The van der Waals surface area contributed by atoms with Crippen LogP contribution >= 0.6 is 0 Å². The molecule has 4 unspecified atom stereocenters. The number of hydrogen-bond acceptors (Lipinski definition) is 2. The SMILES string of the molecule is CCC1CCCC(N2C(=O)C(C3CC3)NC(=O)C2C)C1. The first-order chi connectivity index (χ1) is 9.61. The van der Waals surface area contributed by atoms with E-state index in [0.717, 1.165) is 31.6 Å². The molecule has 4 heteroatoms. The third-order valence-electron chi connectivity index (χ3n) is 5.43. The van der Waals surface area contributed by atoms with Crippen LogP contribution in [0.4, 0.5) is 0 Å². The number of carbonyl (C=O) groups is 2. The van der Waals surface area contributed by atoms with E-state index in [0.29, 0.717) is 5.92 Å². The molecule has 3 aliphatic rings. The van der Waals surface area contributed by atoms with E-state index in [1.165, 1.54) is 19.3 Å². The average molecular weight is 278 g/mol. The summed E-state index contributed by atoms with van der Waals surface area (Å²) in [6, 6.07) is -0.248. The second kappa shape index (κ2) is 5.38. The molecule has 4 atom stereocenters. The van der Waals surface area contributed by atoms with Crippen LogP contribution in [-0.4, -0.2) is 34.8 Å². The lowest BCUT2D eigenvalue weighted by molar-refractivity contribution is -0.153. The Balaban J connectivity index is 1.77. The third-order valence-corrected chi connectivity index (χ3v) is 5.43. The summed E-state index contributed by atoms with van der Waals surface area (Å²) in [5.74, 6) is 1.34. The molecule has 2 amide bonds. The fourth-order valence-corrected chi connectivity index (χ4v) is 3.94. The maximum absolute atomic E-state index is 12.8. The number of carbonyl (C=O) groups excluding carboxylic acids is 2. The van der Waals surface area contributed by atoms with Crippen LogP contribution in [0.1, 0.15) is 58.8 Å². The van der Waals surface area contributed by atoms with Crippen molar-refractivity contribution in [1.82, 2.24) is 10.2 Å². The van der Waals surface area contributed by atoms with Crippen molar-refractivity contribution in [3.8, 4) is 0 Å². The molecule has 1 heterocycles. The summed E-state index contributed by atoms with van der Waals surface area (Å²) < 4.78 is 0. The summed E-state index contributed by atoms with van der Waals surface area (Å²) in [4.78, 5) is 26.9. The van der Waals surface area contributed by atoms with Gasteiger partial charge in [-0.1, -0.05) is 26.2 Å². The van der Waals surface area contributed by atoms with Gasteiger partial charge in [-0.3, -0.25) is 9.59 Å². The molecule has 4 nitrogen and oxygen atoms in total. The van der Waals surface area contributed by atoms with E-state index in [9.17, 15) is 9.59 Å². The number of piperazine rings is 1. The monoisotopic (exact) mass is 278 g/mol. The highest BCUT2D eigenvalue weighted by molar-refractivity contribution is 5.97. The van der Waals surface area contributed by atoms with Gasteiger partial charge in [0.15, 0.2) is 0 Å². The maximum Gasteiger partial charge on any atom is 0.246 e. The van der Waals surface area contributed by atoms with Gasteiger partial charge in [0.25, 0.3) is 0 Å². The van der Waals surface area contributed by atoms with Crippen molar-refractivity contribution in [3.63, 3.8) is 0 Å². The van der Waals surface area contributed by atoms with Gasteiger partial charge in [-0.15, -0.1) is 0 Å². The van der Waals surface area contributed by atoms with Crippen molar-refractivity contribution in [2.75, 3.05) is 0 Å². The molecule has 0 bridgehead atoms. The third kappa shape index (κ3) is 2.45. The zero-order valence-electron chi connectivity index (χ0n) is 12.6. The van der Waals surface area contributed by atoms with Crippen molar-refractivity contribution in [1.29, 1.82) is 0 Å². The average Bonchev–Trinajstić information content (AvgIpc) is 3.28. The van der Waals surface area contributed by atoms with Crippen LogP contribution in [0.5, 0.6) is 0 Å². The lowest BCUT2D eigenvalue weighted by Gasteiger charge is -2.45. The minimum atomic E-state index is -0.293. The maximum atomic E-state index is 12.8. The largest absolute Gasteiger partial charge is 0.342 e. The van der Waals surface area contributed by atoms with E-state index in [-0.39, 0.29) is 29.9 Å². The summed E-state index contributed by atoms with van der Waals surface area (Å²) >= 11 is 0. The normalized spacial score (nSPS) is 38.8. The molecular formula is C16H26N2O2. The molecule has 0 radical (unpaired) electrons. The predicted molar refractivity (Wildman–Crippen MR) is 77.0 cm³/mol. The molecule has 0 aromatic heterocycles. The van der Waals surface area contributed by atoms with Gasteiger partial charge in [-0.05, 0) is 44.4 Å². The minimum Gasteiger partial charge on any atom is -0.342 e. The molecule has 0 spiro atoms. The van der Waals surface area contributed by atoms with E-state index in [1.54, 1.807) is 0 Å². The molecule has 1 aliphatic heterocycles. The number of rotatable bonds is 3. The first-order valence-electron chi connectivity index (χ1n) is 8.24. The van der Waals surface area contributed by atoms with Gasteiger partial charge in [-0.25, -0.2) is 0 Å². The fourth-order valence-electron chi connectivity index (χ4n) is 3.94. The smallest absolute Gasteiger partial charge is 0.246 e. The summed E-state index contributed by atoms with van der Waals surface area (Å²) in [5, 5.41) is 2.94. The van der Waals surface area contributed by atoms with Gasteiger partial charge in [-0.2, -0.15) is 0 Å². The standard InChI is InChI=1S/C16H26N2O2/c1-3-11-5-4-6-13(9-11)18-10(2)15(19)17-14(16(18)20)12-7-8-12/h10-14H,3-9H2,1-2H3,(H,17,19). The Morgan fingerprint density at radius 3 is 2.60 bits per heavy atom. The highest BCUT2D eigenvalue weighted by Gasteiger charge is 2.47. The van der Waals surface area contributed by atoms with E-state index >= 15 is 0 Å². The first kappa shape index (κ1) is 13.9. The zero-order chi connectivity index (χ0) is 14.3. The molecule has 0 aromatic rings. The van der Waals surface area contributed by atoms with Crippen LogP contribution in [0.25, 0.3) is 0 Å². The highest BCUT2D eigenvalue weighted by Crippen LogP contribution is 2.37. The second-order valence-corrected chi connectivity index (χ2v) is 6.84. The topological polar surface area (TPSA) is 49.4 Å². The fraction of sp³-hybridized carbons (Fsp3) is 0.875. The molecule has 3 rings (SSSR count). The highest BCUT2D eigenvalue weighted by atomic mass is 16.2. The molecule has 3 fully saturated rings. The van der Waals surface area contributed by atoms with Crippen LogP contribution in [0.15, 0.2) is 0 Å². The Bertz CT molecular complexity index is 405. The second-order valence-electron chi connectivity index (χ2n) is 6.84. The van der Waals surface area contributed by atoms with Crippen molar-refractivity contribution in [3.05, 3.63) is 0 Å². The van der Waals surface area contributed by atoms with Gasteiger partial charge in [0.1, 0.15) is 12.1 Å². The van der Waals surface area contributed by atoms with Crippen LogP contribution in [0.3, 0.4) is 0 Å². The molecule has 2 aliphatic carbocycles. The number of amides is 2. The van der Waals surface area contributed by atoms with E-state index in [1.807, 2.05) is 11.8 Å². The quantitative estimate of drug-likeness (QED) is 0.859. The molecule has 112 valence electrons. The molecule has 0 aromatic carbocycles. The Labute approximate surface area is 121 Å². The molecule has 1 saturated heterocycles. The summed E-state index contributed by atoms with van der Waals surface area (Å²) in [6.07, 6.45) is 7.97. The predicted octanol–water partition coefficient (Wildman–Crippen LogP) is 2.08. The number of nitrogens with one attached hydrogen (secondary N) is 1. The Kier molecular flexibility index (Phi) is 3.74. The van der Waals surface area contributed by atoms with Gasteiger partial charge in [0.05, 0.1) is 0 Å².